The summed E-state index contributed by atoms with van der Waals surface area (Å²) in [6.45, 7) is 14.1. The highest BCUT2D eigenvalue weighted by Crippen LogP contribution is 2.37. The Labute approximate surface area is 190 Å². The van der Waals surface area contributed by atoms with Gasteiger partial charge in [0.15, 0.2) is 0 Å². The van der Waals surface area contributed by atoms with Crippen molar-refractivity contribution in [1.82, 2.24) is 0 Å². The number of ether oxygens (including phenoxy) is 1. The minimum absolute atomic E-state index is 0.0135. The van der Waals surface area contributed by atoms with E-state index in [1.807, 2.05) is 6.92 Å². The highest BCUT2D eigenvalue weighted by molar-refractivity contribution is 6.99. The molecule has 4 heteroatoms. The normalized spacial score (nSPS) is 15.2. The van der Waals surface area contributed by atoms with Gasteiger partial charge in [-0.3, -0.25) is 4.79 Å². The highest BCUT2D eigenvalue weighted by atomic mass is 28.4. The number of benzene rings is 2. The zero-order chi connectivity index (χ0) is 23.1. The van der Waals surface area contributed by atoms with E-state index in [2.05, 4.69) is 95.3 Å². The summed E-state index contributed by atoms with van der Waals surface area (Å²) < 4.78 is 11.9. The summed E-state index contributed by atoms with van der Waals surface area (Å²) in [5.74, 6) is 0.654. The highest BCUT2D eigenvalue weighted by Gasteiger charge is 2.50. The molecule has 0 saturated heterocycles. The van der Waals surface area contributed by atoms with Gasteiger partial charge in [-0.15, -0.1) is 0 Å². The van der Waals surface area contributed by atoms with Gasteiger partial charge in [0, 0.05) is 6.61 Å². The molecule has 170 valence electrons. The van der Waals surface area contributed by atoms with Crippen molar-refractivity contribution in [1.29, 1.82) is 0 Å². The summed E-state index contributed by atoms with van der Waals surface area (Å²) in [7, 11) is -1.03. The molecule has 0 radical (unpaired) electrons. The molecule has 0 fully saturated rings. The second-order valence-corrected chi connectivity index (χ2v) is 14.4. The Morgan fingerprint density at radius 1 is 0.839 bits per heavy atom. The topological polar surface area (TPSA) is 35.5 Å². The average molecular weight is 441 g/mol. The van der Waals surface area contributed by atoms with Crippen LogP contribution in [-0.2, 0) is 14.0 Å². The van der Waals surface area contributed by atoms with Crippen LogP contribution in [0.1, 0.15) is 54.4 Å². The zero-order valence-electron chi connectivity index (χ0n) is 20.4. The van der Waals surface area contributed by atoms with Crippen LogP contribution in [-0.4, -0.2) is 28.0 Å². The Morgan fingerprint density at radius 3 is 1.74 bits per heavy atom. The molecule has 0 unspecified atom stereocenters. The number of carbonyl (C=O) groups is 1. The van der Waals surface area contributed by atoms with Gasteiger partial charge in [-0.05, 0) is 40.1 Å². The van der Waals surface area contributed by atoms with Crippen LogP contribution in [0.15, 0.2) is 60.7 Å². The molecule has 31 heavy (non-hydrogen) atoms. The van der Waals surface area contributed by atoms with Crippen LogP contribution >= 0.6 is 0 Å². The molecule has 3 nitrogen and oxygen atoms in total. The fourth-order valence-corrected chi connectivity index (χ4v) is 9.47. The van der Waals surface area contributed by atoms with Crippen molar-refractivity contribution >= 4 is 24.7 Å². The minimum Gasteiger partial charge on any atom is -0.469 e. The molecule has 0 aliphatic rings. The van der Waals surface area contributed by atoms with E-state index in [1.54, 1.807) is 0 Å². The maximum atomic E-state index is 11.8. The van der Waals surface area contributed by atoms with Crippen molar-refractivity contribution in [3.8, 4) is 0 Å². The standard InChI is InChI=1S/C27H40O3Si/c1-21(19-23(3)26(28)29-7)18-22(2)20-30-31(27(4,5)6,24-14-10-8-11-15-24)25-16-12-9-13-17-25/h8-17,21-23H,18-20H2,1-7H3/t21-,22+,23+/m0/s1. The fraction of sp³-hybridized carbons (Fsp3) is 0.519. The molecular formula is C27H40O3Si. The molecule has 2 aromatic rings. The predicted octanol–water partition coefficient (Wildman–Crippen LogP) is 5.42. The summed E-state index contributed by atoms with van der Waals surface area (Å²) in [5.41, 5.74) is 0. The molecule has 2 aromatic carbocycles. The maximum absolute atomic E-state index is 11.8. The molecule has 0 N–H and O–H groups in total. The summed E-state index contributed by atoms with van der Waals surface area (Å²) in [4.78, 5) is 11.8. The Balaban J connectivity index is 2.24. The third-order valence-electron chi connectivity index (χ3n) is 6.17. The summed E-state index contributed by atoms with van der Waals surface area (Å²) in [6.07, 6.45) is 1.87. The Kier molecular flexibility index (Phi) is 9.08. The van der Waals surface area contributed by atoms with Crippen molar-refractivity contribution in [2.45, 2.75) is 59.4 Å². The van der Waals surface area contributed by atoms with Gasteiger partial charge >= 0.3 is 5.97 Å². The lowest BCUT2D eigenvalue weighted by Crippen LogP contribution is -2.66. The van der Waals surface area contributed by atoms with Gasteiger partial charge in [-0.25, -0.2) is 0 Å². The summed E-state index contributed by atoms with van der Waals surface area (Å²) >= 11 is 0. The van der Waals surface area contributed by atoms with Crippen LogP contribution in [0.25, 0.3) is 0 Å². The number of methoxy groups -OCH3 is 1. The summed E-state index contributed by atoms with van der Waals surface area (Å²) in [6, 6.07) is 21.6. The van der Waals surface area contributed by atoms with Gasteiger partial charge in [-0.1, -0.05) is 102 Å². The molecular weight excluding hydrogens is 400 g/mol. The Morgan fingerprint density at radius 2 is 1.32 bits per heavy atom. The first-order chi connectivity index (χ1) is 14.6. The van der Waals surface area contributed by atoms with Crippen molar-refractivity contribution in [2.24, 2.45) is 17.8 Å². The molecule has 2 rings (SSSR count). The largest absolute Gasteiger partial charge is 0.469 e. The maximum Gasteiger partial charge on any atom is 0.308 e. The van der Waals surface area contributed by atoms with E-state index in [9.17, 15) is 4.79 Å². The van der Waals surface area contributed by atoms with Crippen molar-refractivity contribution in [2.75, 3.05) is 13.7 Å². The van der Waals surface area contributed by atoms with E-state index in [-0.39, 0.29) is 16.9 Å². The number of rotatable bonds is 10. The third kappa shape index (κ3) is 6.30. The van der Waals surface area contributed by atoms with Crippen LogP contribution in [0.2, 0.25) is 5.04 Å². The van der Waals surface area contributed by atoms with Crippen LogP contribution in [0.4, 0.5) is 0 Å². The van der Waals surface area contributed by atoms with Crippen LogP contribution < -0.4 is 10.4 Å². The number of hydrogen-bond donors (Lipinski definition) is 0. The predicted molar refractivity (Wildman–Crippen MR) is 132 cm³/mol. The Bertz CT molecular complexity index is 759. The minimum atomic E-state index is -2.49. The first kappa shape index (κ1) is 25.3. The number of carbonyl (C=O) groups excluding carboxylic acids is 1. The molecule has 3 atom stereocenters. The van der Waals surface area contributed by atoms with Gasteiger partial charge in [0.05, 0.1) is 13.0 Å². The van der Waals surface area contributed by atoms with Crippen LogP contribution in [0.3, 0.4) is 0 Å². The number of esters is 1. The monoisotopic (exact) mass is 440 g/mol. The second-order valence-electron chi connectivity index (χ2n) is 10.1. The lowest BCUT2D eigenvalue weighted by atomic mass is 9.90. The van der Waals surface area contributed by atoms with E-state index in [0.29, 0.717) is 18.4 Å². The van der Waals surface area contributed by atoms with Crippen LogP contribution in [0, 0.1) is 17.8 Å². The van der Waals surface area contributed by atoms with E-state index in [4.69, 9.17) is 9.16 Å². The average Bonchev–Trinajstić information content (AvgIpc) is 2.74. The Hall–Kier alpha value is -1.91. The lowest BCUT2D eigenvalue weighted by Gasteiger charge is -2.43. The lowest BCUT2D eigenvalue weighted by molar-refractivity contribution is -0.145. The first-order valence-electron chi connectivity index (χ1n) is 11.4. The molecule has 0 amide bonds. The van der Waals surface area contributed by atoms with Gasteiger partial charge in [0.25, 0.3) is 8.32 Å². The second kappa shape index (κ2) is 11.1. The number of hydrogen-bond acceptors (Lipinski definition) is 3. The molecule has 0 aliphatic heterocycles. The molecule has 0 saturated carbocycles. The van der Waals surface area contributed by atoms with Crippen molar-refractivity contribution in [3.05, 3.63) is 60.7 Å². The van der Waals surface area contributed by atoms with Crippen LogP contribution in [0.5, 0.6) is 0 Å². The first-order valence-corrected chi connectivity index (χ1v) is 13.4. The summed E-state index contributed by atoms with van der Waals surface area (Å²) in [5, 5.41) is 2.61. The van der Waals surface area contributed by atoms with Crippen molar-refractivity contribution < 1.29 is 14.0 Å². The van der Waals surface area contributed by atoms with Gasteiger partial charge < -0.3 is 9.16 Å². The fourth-order valence-electron chi connectivity index (χ4n) is 4.78. The molecule has 0 aromatic heterocycles. The smallest absolute Gasteiger partial charge is 0.308 e. The van der Waals surface area contributed by atoms with E-state index < -0.39 is 8.32 Å². The molecule has 0 aliphatic carbocycles. The van der Waals surface area contributed by atoms with E-state index in [1.165, 1.54) is 17.5 Å². The van der Waals surface area contributed by atoms with Gasteiger partial charge in [0.2, 0.25) is 0 Å². The van der Waals surface area contributed by atoms with Crippen molar-refractivity contribution in [3.63, 3.8) is 0 Å². The SMILES string of the molecule is COC(=O)[C@H](C)C[C@@H](C)C[C@@H](C)CO[Si](c1ccccc1)(c1ccccc1)C(C)(C)C. The van der Waals surface area contributed by atoms with Gasteiger partial charge in [-0.2, -0.15) is 0 Å². The zero-order valence-corrected chi connectivity index (χ0v) is 21.4. The quantitative estimate of drug-likeness (QED) is 0.365. The third-order valence-corrected chi connectivity index (χ3v) is 11.2. The molecule has 0 spiro atoms. The van der Waals surface area contributed by atoms with E-state index in [0.717, 1.165) is 12.8 Å². The molecule has 0 heterocycles. The molecule has 0 bridgehead atoms. The van der Waals surface area contributed by atoms with Gasteiger partial charge in [0.1, 0.15) is 0 Å². The van der Waals surface area contributed by atoms with E-state index >= 15 is 0 Å².